The van der Waals surface area contributed by atoms with Crippen LogP contribution in [0, 0.1) is 0 Å². The van der Waals surface area contributed by atoms with Crippen molar-refractivity contribution in [3.63, 3.8) is 0 Å². The van der Waals surface area contributed by atoms with Gasteiger partial charge in [-0.25, -0.2) is 9.48 Å². The summed E-state index contributed by atoms with van der Waals surface area (Å²) in [7, 11) is 3.13. The van der Waals surface area contributed by atoms with E-state index in [0.717, 1.165) is 9.99 Å². The molecule has 2 rings (SSSR count). The van der Waals surface area contributed by atoms with E-state index in [2.05, 4.69) is 31.0 Å². The molecule has 0 saturated carbocycles. The number of esters is 1. The topological polar surface area (TPSA) is 57.0 Å². The molecular weight excluding hydrogens is 262 g/mol. The number of hydrogen-bond acceptors (Lipinski definition) is 4. The summed E-state index contributed by atoms with van der Waals surface area (Å²) >= 11 is 3.37. The first-order chi connectivity index (χ1) is 7.13. The van der Waals surface area contributed by atoms with Crippen molar-refractivity contribution in [2.45, 2.75) is 0 Å². The van der Waals surface area contributed by atoms with Gasteiger partial charge in [0.1, 0.15) is 11.0 Å². The first-order valence-electron chi connectivity index (χ1n) is 4.20. The SMILES string of the molecule is COC(=O)c1cc(Br)c2c(c1)nnn2C. The van der Waals surface area contributed by atoms with Gasteiger partial charge >= 0.3 is 5.97 Å². The molecular formula is C9H8BrN3O2. The number of ether oxygens (including phenoxy) is 1. The average Bonchev–Trinajstić information content (AvgIpc) is 2.59. The Morgan fingerprint density at radius 1 is 1.53 bits per heavy atom. The summed E-state index contributed by atoms with van der Waals surface area (Å²) in [6.45, 7) is 0. The number of aromatic nitrogens is 3. The summed E-state index contributed by atoms with van der Waals surface area (Å²) in [6, 6.07) is 3.34. The fourth-order valence-corrected chi connectivity index (χ4v) is 2.08. The van der Waals surface area contributed by atoms with Gasteiger partial charge in [0.15, 0.2) is 0 Å². The molecule has 0 aliphatic carbocycles. The Morgan fingerprint density at radius 2 is 2.27 bits per heavy atom. The second-order valence-electron chi connectivity index (χ2n) is 3.03. The maximum absolute atomic E-state index is 11.3. The van der Waals surface area contributed by atoms with E-state index in [4.69, 9.17) is 0 Å². The monoisotopic (exact) mass is 269 g/mol. The minimum absolute atomic E-state index is 0.386. The van der Waals surface area contributed by atoms with Gasteiger partial charge in [-0.3, -0.25) is 0 Å². The van der Waals surface area contributed by atoms with E-state index in [-0.39, 0.29) is 5.97 Å². The number of nitrogens with zero attached hydrogens (tertiary/aromatic N) is 3. The van der Waals surface area contributed by atoms with E-state index in [1.807, 2.05) is 0 Å². The number of halogens is 1. The van der Waals surface area contributed by atoms with Crippen LogP contribution in [0.15, 0.2) is 16.6 Å². The molecule has 0 spiro atoms. The number of methoxy groups -OCH3 is 1. The van der Waals surface area contributed by atoms with Crippen molar-refractivity contribution in [3.8, 4) is 0 Å². The Balaban J connectivity index is 2.68. The highest BCUT2D eigenvalue weighted by molar-refractivity contribution is 9.10. The zero-order valence-corrected chi connectivity index (χ0v) is 9.78. The van der Waals surface area contributed by atoms with Crippen LogP contribution in [0.3, 0.4) is 0 Å². The molecule has 0 amide bonds. The highest BCUT2D eigenvalue weighted by Crippen LogP contribution is 2.24. The van der Waals surface area contributed by atoms with Crippen LogP contribution in [0.5, 0.6) is 0 Å². The van der Waals surface area contributed by atoms with Gasteiger partial charge in [-0.05, 0) is 28.1 Å². The zero-order chi connectivity index (χ0) is 11.0. The summed E-state index contributed by atoms with van der Waals surface area (Å²) in [5.74, 6) is -0.386. The minimum Gasteiger partial charge on any atom is -0.465 e. The highest BCUT2D eigenvalue weighted by Gasteiger charge is 2.12. The van der Waals surface area contributed by atoms with Crippen LogP contribution in [0.1, 0.15) is 10.4 Å². The van der Waals surface area contributed by atoms with Crippen molar-refractivity contribution in [3.05, 3.63) is 22.2 Å². The molecule has 0 saturated heterocycles. The maximum atomic E-state index is 11.3. The molecule has 78 valence electrons. The number of rotatable bonds is 1. The summed E-state index contributed by atoms with van der Waals surface area (Å²) < 4.78 is 7.04. The number of fused-ring (bicyclic) bond motifs is 1. The van der Waals surface area contributed by atoms with E-state index < -0.39 is 0 Å². The van der Waals surface area contributed by atoms with Crippen molar-refractivity contribution in [2.75, 3.05) is 7.11 Å². The quantitative estimate of drug-likeness (QED) is 0.737. The Hall–Kier alpha value is -1.43. The van der Waals surface area contributed by atoms with Gasteiger partial charge in [0.05, 0.1) is 12.7 Å². The van der Waals surface area contributed by atoms with E-state index in [9.17, 15) is 4.79 Å². The van der Waals surface area contributed by atoms with Gasteiger partial charge in [0.2, 0.25) is 0 Å². The van der Waals surface area contributed by atoms with Crippen molar-refractivity contribution in [1.29, 1.82) is 0 Å². The number of carbonyl (C=O) groups excluding carboxylic acids is 1. The molecule has 1 aromatic carbocycles. The van der Waals surface area contributed by atoms with Crippen molar-refractivity contribution in [1.82, 2.24) is 15.0 Å². The summed E-state index contributed by atoms with van der Waals surface area (Å²) in [4.78, 5) is 11.3. The van der Waals surface area contributed by atoms with Crippen LogP contribution in [-0.2, 0) is 11.8 Å². The van der Waals surface area contributed by atoms with Gasteiger partial charge in [0.25, 0.3) is 0 Å². The third-order valence-corrected chi connectivity index (χ3v) is 2.68. The number of aryl methyl sites for hydroxylation is 1. The molecule has 0 aliphatic rings. The molecule has 0 radical (unpaired) electrons. The standard InChI is InChI=1S/C9H8BrN3O2/c1-13-8-6(10)3-5(9(14)15-2)4-7(8)11-12-13/h3-4H,1-2H3. The summed E-state index contributed by atoms with van der Waals surface area (Å²) in [5.41, 5.74) is 1.97. The first-order valence-corrected chi connectivity index (χ1v) is 5.00. The van der Waals surface area contributed by atoms with Crippen LogP contribution in [0.25, 0.3) is 11.0 Å². The Bertz CT molecular complexity index is 535. The molecule has 15 heavy (non-hydrogen) atoms. The van der Waals surface area contributed by atoms with Gasteiger partial charge in [-0.15, -0.1) is 5.10 Å². The van der Waals surface area contributed by atoms with Crippen LogP contribution < -0.4 is 0 Å². The third kappa shape index (κ3) is 1.61. The average molecular weight is 270 g/mol. The molecule has 0 bridgehead atoms. The Labute approximate surface area is 94.1 Å². The first kappa shape index (κ1) is 10.1. The molecule has 0 fully saturated rings. The number of carbonyl (C=O) groups is 1. The van der Waals surface area contributed by atoms with Crippen LogP contribution in [-0.4, -0.2) is 28.1 Å². The predicted molar refractivity (Wildman–Crippen MR) is 57.5 cm³/mol. The lowest BCUT2D eigenvalue weighted by molar-refractivity contribution is 0.0601. The highest BCUT2D eigenvalue weighted by atomic mass is 79.9. The van der Waals surface area contributed by atoms with Crippen LogP contribution in [0.2, 0.25) is 0 Å². The normalized spacial score (nSPS) is 10.6. The third-order valence-electron chi connectivity index (χ3n) is 2.07. The lowest BCUT2D eigenvalue weighted by atomic mass is 10.2. The summed E-state index contributed by atoms with van der Waals surface area (Å²) in [5, 5.41) is 7.80. The van der Waals surface area contributed by atoms with E-state index in [0.29, 0.717) is 11.1 Å². The molecule has 0 N–H and O–H groups in total. The van der Waals surface area contributed by atoms with E-state index in [1.54, 1.807) is 23.9 Å². The van der Waals surface area contributed by atoms with Crippen molar-refractivity contribution in [2.24, 2.45) is 7.05 Å². The minimum atomic E-state index is -0.386. The number of benzene rings is 1. The van der Waals surface area contributed by atoms with Crippen molar-refractivity contribution < 1.29 is 9.53 Å². The second kappa shape index (κ2) is 3.62. The molecule has 2 aromatic rings. The van der Waals surface area contributed by atoms with Crippen LogP contribution >= 0.6 is 15.9 Å². The Morgan fingerprint density at radius 3 is 2.93 bits per heavy atom. The fraction of sp³-hybridized carbons (Fsp3) is 0.222. The van der Waals surface area contributed by atoms with Crippen LogP contribution in [0.4, 0.5) is 0 Å². The lowest BCUT2D eigenvalue weighted by Gasteiger charge is -2.01. The van der Waals surface area contributed by atoms with Gasteiger partial charge in [0, 0.05) is 11.5 Å². The number of hydrogen-bond donors (Lipinski definition) is 0. The van der Waals surface area contributed by atoms with E-state index in [1.165, 1.54) is 7.11 Å². The van der Waals surface area contributed by atoms with Gasteiger partial charge < -0.3 is 4.74 Å². The largest absolute Gasteiger partial charge is 0.465 e. The predicted octanol–water partition coefficient (Wildman–Crippen LogP) is 1.52. The molecule has 0 aliphatic heterocycles. The lowest BCUT2D eigenvalue weighted by Crippen LogP contribution is -2.01. The van der Waals surface area contributed by atoms with E-state index >= 15 is 0 Å². The molecule has 5 nitrogen and oxygen atoms in total. The molecule has 0 unspecified atom stereocenters. The maximum Gasteiger partial charge on any atom is 0.337 e. The van der Waals surface area contributed by atoms with Crippen molar-refractivity contribution >= 4 is 32.9 Å². The Kier molecular flexibility index (Phi) is 2.44. The molecule has 1 heterocycles. The molecule has 1 aromatic heterocycles. The smallest absolute Gasteiger partial charge is 0.337 e. The summed E-state index contributed by atoms with van der Waals surface area (Å²) in [6.07, 6.45) is 0. The van der Waals surface area contributed by atoms with Gasteiger partial charge in [-0.2, -0.15) is 0 Å². The van der Waals surface area contributed by atoms with Gasteiger partial charge in [-0.1, -0.05) is 5.21 Å². The fourth-order valence-electron chi connectivity index (χ4n) is 1.38. The molecule has 6 heteroatoms. The second-order valence-corrected chi connectivity index (χ2v) is 3.88. The zero-order valence-electron chi connectivity index (χ0n) is 8.19. The molecule has 0 atom stereocenters.